The topological polar surface area (TPSA) is 68.0 Å². The van der Waals surface area contributed by atoms with Crippen molar-refractivity contribution in [2.45, 2.75) is 32.4 Å². The van der Waals surface area contributed by atoms with Gasteiger partial charge in [0.05, 0.1) is 10.4 Å². The number of hydrogen-bond acceptors (Lipinski definition) is 5. The molecule has 0 radical (unpaired) electrons. The number of nitrogens with one attached hydrogen (secondary N) is 1. The summed E-state index contributed by atoms with van der Waals surface area (Å²) in [5.74, 6) is 0.551. The number of aryl methyl sites for hydroxylation is 2. The van der Waals surface area contributed by atoms with Gasteiger partial charge in [0.2, 0.25) is 17.6 Å². The van der Waals surface area contributed by atoms with Crippen LogP contribution in [0.1, 0.15) is 29.9 Å². The lowest BCUT2D eigenvalue weighted by atomic mass is 10.1. The van der Waals surface area contributed by atoms with Gasteiger partial charge in [0.25, 0.3) is 0 Å². The van der Waals surface area contributed by atoms with Gasteiger partial charge in [-0.05, 0) is 42.5 Å². The zero-order valence-corrected chi connectivity index (χ0v) is 15.2. The van der Waals surface area contributed by atoms with Gasteiger partial charge in [0, 0.05) is 18.5 Å². The predicted octanol–water partition coefficient (Wildman–Crippen LogP) is 5.09. The zero-order chi connectivity index (χ0) is 19.4. The zero-order valence-electron chi connectivity index (χ0n) is 14.3. The van der Waals surface area contributed by atoms with Crippen LogP contribution >= 0.6 is 11.3 Å². The predicted molar refractivity (Wildman–Crippen MR) is 95.4 cm³/mol. The van der Waals surface area contributed by atoms with E-state index in [1.54, 1.807) is 0 Å². The van der Waals surface area contributed by atoms with Gasteiger partial charge in [0.15, 0.2) is 0 Å². The van der Waals surface area contributed by atoms with E-state index < -0.39 is 11.7 Å². The maximum absolute atomic E-state index is 12.9. The van der Waals surface area contributed by atoms with Crippen molar-refractivity contribution in [3.05, 3.63) is 52.7 Å². The van der Waals surface area contributed by atoms with E-state index in [2.05, 4.69) is 15.5 Å². The number of thiophene rings is 1. The van der Waals surface area contributed by atoms with E-state index in [0.717, 1.165) is 10.9 Å². The van der Waals surface area contributed by atoms with Gasteiger partial charge >= 0.3 is 6.18 Å². The number of carbonyl (C=O) groups excluding carboxylic acids is 1. The monoisotopic (exact) mass is 395 g/mol. The number of halogens is 3. The smallest absolute Gasteiger partial charge is 0.339 e. The normalized spacial score (nSPS) is 11.6. The molecule has 0 unspecified atom stereocenters. The highest BCUT2D eigenvalue weighted by atomic mass is 32.1. The molecule has 5 nitrogen and oxygen atoms in total. The van der Waals surface area contributed by atoms with E-state index in [4.69, 9.17) is 4.52 Å². The molecule has 0 aliphatic carbocycles. The molecule has 0 aliphatic rings. The van der Waals surface area contributed by atoms with Crippen LogP contribution in [0.4, 0.5) is 18.9 Å². The van der Waals surface area contributed by atoms with Gasteiger partial charge < -0.3 is 9.84 Å². The average molecular weight is 395 g/mol. The Morgan fingerprint density at radius 2 is 2.11 bits per heavy atom. The second kappa shape index (κ2) is 7.91. The first-order valence-corrected chi connectivity index (χ1v) is 9.05. The van der Waals surface area contributed by atoms with E-state index >= 15 is 0 Å². The van der Waals surface area contributed by atoms with Crippen LogP contribution in [0.25, 0.3) is 10.7 Å². The Labute approximate surface area is 157 Å². The first-order chi connectivity index (χ1) is 12.8. The van der Waals surface area contributed by atoms with Gasteiger partial charge in [-0.1, -0.05) is 17.3 Å². The van der Waals surface area contributed by atoms with Crippen molar-refractivity contribution >= 4 is 22.9 Å². The molecular weight excluding hydrogens is 379 g/mol. The molecule has 0 saturated carbocycles. The number of amides is 1. The molecule has 9 heteroatoms. The van der Waals surface area contributed by atoms with E-state index in [1.807, 2.05) is 17.5 Å². The number of hydrogen-bond donors (Lipinski definition) is 1. The molecular formula is C18H16F3N3O2S. The van der Waals surface area contributed by atoms with Gasteiger partial charge in [0.1, 0.15) is 0 Å². The summed E-state index contributed by atoms with van der Waals surface area (Å²) in [7, 11) is 0. The number of carbonyl (C=O) groups is 1. The van der Waals surface area contributed by atoms with Crippen LogP contribution in [0.2, 0.25) is 0 Å². The Kier molecular flexibility index (Phi) is 5.59. The molecule has 0 spiro atoms. The third kappa shape index (κ3) is 4.94. The molecule has 3 aromatic rings. The molecule has 1 aromatic carbocycles. The number of nitrogens with zero attached hydrogens (tertiary/aromatic N) is 2. The molecule has 0 aliphatic heterocycles. The first-order valence-electron chi connectivity index (χ1n) is 8.17. The van der Waals surface area contributed by atoms with Gasteiger partial charge in [-0.3, -0.25) is 4.79 Å². The third-order valence-corrected chi connectivity index (χ3v) is 4.70. The summed E-state index contributed by atoms with van der Waals surface area (Å²) in [6.45, 7) is 1.38. The minimum atomic E-state index is -4.46. The Morgan fingerprint density at radius 3 is 2.81 bits per heavy atom. The maximum atomic E-state index is 12.9. The number of anilines is 1. The van der Waals surface area contributed by atoms with Crippen molar-refractivity contribution in [2.24, 2.45) is 0 Å². The van der Waals surface area contributed by atoms with Crippen LogP contribution in [0.5, 0.6) is 0 Å². The molecule has 27 heavy (non-hydrogen) atoms. The molecule has 1 N–H and O–H groups in total. The van der Waals surface area contributed by atoms with Crippen molar-refractivity contribution in [3.8, 4) is 10.7 Å². The van der Waals surface area contributed by atoms with E-state index in [0.29, 0.717) is 24.6 Å². The molecule has 2 aromatic heterocycles. The van der Waals surface area contributed by atoms with E-state index in [-0.39, 0.29) is 23.6 Å². The van der Waals surface area contributed by atoms with Gasteiger partial charge in [-0.15, -0.1) is 11.3 Å². The summed E-state index contributed by atoms with van der Waals surface area (Å²) in [5, 5.41) is 8.28. The lowest BCUT2D eigenvalue weighted by molar-refractivity contribution is -0.138. The molecule has 142 valence electrons. The minimum absolute atomic E-state index is 0.110. The number of benzene rings is 1. The number of aromatic nitrogens is 2. The second-order valence-corrected chi connectivity index (χ2v) is 6.87. The maximum Gasteiger partial charge on any atom is 0.416 e. The third-order valence-electron chi connectivity index (χ3n) is 3.83. The Bertz CT molecular complexity index is 920. The molecule has 1 amide bonds. The quantitative estimate of drug-likeness (QED) is 0.632. The summed E-state index contributed by atoms with van der Waals surface area (Å²) in [4.78, 5) is 17.1. The van der Waals surface area contributed by atoms with E-state index in [1.165, 1.54) is 30.4 Å². The molecule has 0 atom stereocenters. The van der Waals surface area contributed by atoms with Crippen LogP contribution in [0, 0.1) is 6.92 Å². The van der Waals surface area contributed by atoms with Crippen molar-refractivity contribution in [1.29, 1.82) is 0 Å². The fraction of sp³-hybridized carbons (Fsp3) is 0.278. The lowest BCUT2D eigenvalue weighted by Crippen LogP contribution is -2.13. The fourth-order valence-electron chi connectivity index (χ4n) is 2.49. The molecule has 0 bridgehead atoms. The number of rotatable bonds is 6. The Balaban J connectivity index is 1.52. The second-order valence-electron chi connectivity index (χ2n) is 5.92. The van der Waals surface area contributed by atoms with E-state index in [9.17, 15) is 18.0 Å². The highest BCUT2D eigenvalue weighted by Gasteiger charge is 2.32. The molecule has 0 fully saturated rings. The first kappa shape index (κ1) is 19.1. The van der Waals surface area contributed by atoms with Gasteiger partial charge in [-0.25, -0.2) is 0 Å². The average Bonchev–Trinajstić information content (AvgIpc) is 3.26. The summed E-state index contributed by atoms with van der Waals surface area (Å²) in [6.07, 6.45) is -3.47. The molecule has 2 heterocycles. The Hall–Kier alpha value is -2.68. The Morgan fingerprint density at radius 1 is 1.30 bits per heavy atom. The van der Waals surface area contributed by atoms with Crippen molar-refractivity contribution in [3.63, 3.8) is 0 Å². The largest absolute Gasteiger partial charge is 0.416 e. The van der Waals surface area contributed by atoms with Crippen molar-refractivity contribution in [2.75, 3.05) is 5.32 Å². The van der Waals surface area contributed by atoms with Crippen LogP contribution in [0.3, 0.4) is 0 Å². The standard InChI is InChI=1S/C18H16F3N3O2S/c1-11-7-8-12(10-13(11)18(19,20)21)22-15(25)5-2-6-16-23-17(24-26-16)14-4-3-9-27-14/h3-4,7-10H,2,5-6H2,1H3,(H,22,25). The SMILES string of the molecule is Cc1ccc(NC(=O)CCCc2nc(-c3cccs3)no2)cc1C(F)(F)F. The number of alkyl halides is 3. The summed E-state index contributed by atoms with van der Waals surface area (Å²) < 4.78 is 43.9. The van der Waals surface area contributed by atoms with Crippen LogP contribution in [-0.2, 0) is 17.4 Å². The molecule has 0 saturated heterocycles. The van der Waals surface area contributed by atoms with Crippen molar-refractivity contribution in [1.82, 2.24) is 10.1 Å². The lowest BCUT2D eigenvalue weighted by Gasteiger charge is -2.12. The van der Waals surface area contributed by atoms with Crippen molar-refractivity contribution < 1.29 is 22.5 Å². The van der Waals surface area contributed by atoms with Crippen LogP contribution < -0.4 is 5.32 Å². The minimum Gasteiger partial charge on any atom is -0.339 e. The van der Waals surface area contributed by atoms with Crippen LogP contribution in [-0.4, -0.2) is 16.0 Å². The molecule has 3 rings (SSSR count). The fourth-order valence-corrected chi connectivity index (χ4v) is 3.14. The summed E-state index contributed by atoms with van der Waals surface area (Å²) in [5.41, 5.74) is -0.526. The van der Waals surface area contributed by atoms with Gasteiger partial charge in [-0.2, -0.15) is 18.2 Å². The highest BCUT2D eigenvalue weighted by Crippen LogP contribution is 2.33. The van der Waals surface area contributed by atoms with Crippen LogP contribution in [0.15, 0.2) is 40.2 Å². The summed E-state index contributed by atoms with van der Waals surface area (Å²) >= 11 is 1.49. The summed E-state index contributed by atoms with van der Waals surface area (Å²) in [6, 6.07) is 7.49. The highest BCUT2D eigenvalue weighted by molar-refractivity contribution is 7.13.